The van der Waals surface area contributed by atoms with Crippen molar-refractivity contribution < 1.29 is 14.7 Å². The molecule has 24 heavy (non-hydrogen) atoms. The van der Waals surface area contributed by atoms with Crippen molar-refractivity contribution in [1.82, 2.24) is 9.55 Å². The average molecular weight is 327 g/mol. The quantitative estimate of drug-likeness (QED) is 0.827. The largest absolute Gasteiger partial charge is 0.481 e. The Labute approximate surface area is 140 Å². The van der Waals surface area contributed by atoms with Crippen LogP contribution in [0.2, 0.25) is 0 Å². The Bertz CT molecular complexity index is 794. The molecule has 126 valence electrons. The van der Waals surface area contributed by atoms with Gasteiger partial charge in [-0.25, -0.2) is 4.98 Å². The monoisotopic (exact) mass is 327 g/mol. The minimum atomic E-state index is -0.929. The lowest BCUT2D eigenvalue weighted by molar-refractivity contribution is -0.146. The van der Waals surface area contributed by atoms with E-state index in [-0.39, 0.29) is 5.91 Å². The molecule has 0 saturated heterocycles. The van der Waals surface area contributed by atoms with Gasteiger partial charge in [0.2, 0.25) is 11.9 Å². The minimum Gasteiger partial charge on any atom is -0.481 e. The maximum absolute atomic E-state index is 12.7. The van der Waals surface area contributed by atoms with Gasteiger partial charge >= 0.3 is 5.97 Å². The summed E-state index contributed by atoms with van der Waals surface area (Å²) >= 11 is 0. The first-order valence-corrected chi connectivity index (χ1v) is 8.25. The van der Waals surface area contributed by atoms with Gasteiger partial charge in [0.1, 0.15) is 0 Å². The Morgan fingerprint density at radius 1 is 1.25 bits per heavy atom. The zero-order valence-corrected chi connectivity index (χ0v) is 13.6. The summed E-state index contributed by atoms with van der Waals surface area (Å²) in [7, 11) is 0. The lowest BCUT2D eigenvalue weighted by atomic mass is 9.82. The van der Waals surface area contributed by atoms with Crippen molar-refractivity contribution in [1.29, 1.82) is 0 Å². The third kappa shape index (κ3) is 3.04. The predicted octanol–water partition coefficient (Wildman–Crippen LogP) is 3.05. The summed E-state index contributed by atoms with van der Waals surface area (Å²) in [5, 5.41) is 12.2. The van der Waals surface area contributed by atoms with E-state index in [1.54, 1.807) is 0 Å². The van der Waals surface area contributed by atoms with Gasteiger partial charge in [0.15, 0.2) is 0 Å². The van der Waals surface area contributed by atoms with Crippen molar-refractivity contribution in [2.45, 2.75) is 32.7 Å². The predicted molar refractivity (Wildman–Crippen MR) is 91.6 cm³/mol. The molecule has 6 nitrogen and oxygen atoms in total. The molecular weight excluding hydrogens is 306 g/mol. The SMILES string of the molecule is CCCn1c(NC(=O)C2CC=CCC2C(=O)O)nc2ccccc21. The first-order valence-electron chi connectivity index (χ1n) is 8.25. The maximum Gasteiger partial charge on any atom is 0.307 e. The van der Waals surface area contributed by atoms with E-state index in [2.05, 4.69) is 17.2 Å². The zero-order valence-electron chi connectivity index (χ0n) is 13.6. The van der Waals surface area contributed by atoms with Gasteiger partial charge < -0.3 is 9.67 Å². The van der Waals surface area contributed by atoms with Crippen LogP contribution >= 0.6 is 0 Å². The summed E-state index contributed by atoms with van der Waals surface area (Å²) in [6, 6.07) is 7.72. The van der Waals surface area contributed by atoms with E-state index in [0.717, 1.165) is 24.0 Å². The molecule has 1 aromatic heterocycles. The fourth-order valence-corrected chi connectivity index (χ4v) is 3.20. The molecule has 3 rings (SSSR count). The van der Waals surface area contributed by atoms with E-state index < -0.39 is 17.8 Å². The van der Waals surface area contributed by atoms with Gasteiger partial charge in [0.05, 0.1) is 22.9 Å². The number of para-hydroxylation sites is 2. The molecule has 0 aliphatic heterocycles. The summed E-state index contributed by atoms with van der Waals surface area (Å²) in [4.78, 5) is 28.6. The lowest BCUT2D eigenvalue weighted by Gasteiger charge is -2.24. The number of allylic oxidation sites excluding steroid dienone is 2. The molecule has 2 aromatic rings. The Balaban J connectivity index is 1.88. The minimum absolute atomic E-state index is 0.278. The number of rotatable bonds is 5. The number of benzene rings is 1. The van der Waals surface area contributed by atoms with Crippen LogP contribution in [-0.4, -0.2) is 26.5 Å². The number of aliphatic carboxylic acids is 1. The molecular formula is C18H21N3O3. The number of nitrogens with zero attached hydrogens (tertiary/aromatic N) is 2. The Morgan fingerprint density at radius 3 is 2.67 bits per heavy atom. The second kappa shape index (κ2) is 6.86. The van der Waals surface area contributed by atoms with Gasteiger partial charge in [-0.15, -0.1) is 0 Å². The first-order chi connectivity index (χ1) is 11.6. The van der Waals surface area contributed by atoms with Crippen molar-refractivity contribution in [3.63, 3.8) is 0 Å². The lowest BCUT2D eigenvalue weighted by Crippen LogP contribution is -2.35. The average Bonchev–Trinajstić information content (AvgIpc) is 2.93. The summed E-state index contributed by atoms with van der Waals surface area (Å²) in [5.41, 5.74) is 1.78. The third-order valence-corrected chi connectivity index (χ3v) is 4.42. The number of carboxylic acids is 1. The molecule has 6 heteroatoms. The van der Waals surface area contributed by atoms with Gasteiger partial charge in [0, 0.05) is 6.54 Å². The van der Waals surface area contributed by atoms with E-state index in [0.29, 0.717) is 18.8 Å². The molecule has 1 aliphatic carbocycles. The van der Waals surface area contributed by atoms with Crippen LogP contribution in [-0.2, 0) is 16.1 Å². The first kappa shape index (κ1) is 16.2. The van der Waals surface area contributed by atoms with Crippen LogP contribution in [0.1, 0.15) is 26.2 Å². The van der Waals surface area contributed by atoms with E-state index in [4.69, 9.17) is 0 Å². The van der Waals surface area contributed by atoms with Crippen LogP contribution in [0.5, 0.6) is 0 Å². The number of aryl methyl sites for hydroxylation is 1. The molecule has 1 aliphatic rings. The Morgan fingerprint density at radius 2 is 1.96 bits per heavy atom. The number of nitrogens with one attached hydrogen (secondary N) is 1. The molecule has 0 fully saturated rings. The second-order valence-corrected chi connectivity index (χ2v) is 6.06. The number of anilines is 1. The highest BCUT2D eigenvalue weighted by molar-refractivity contribution is 5.95. The van der Waals surface area contributed by atoms with Crippen molar-refractivity contribution in [3.05, 3.63) is 36.4 Å². The standard InChI is InChI=1S/C18H21N3O3/c1-2-11-21-15-10-6-5-9-14(15)19-18(21)20-16(22)12-7-3-4-8-13(12)17(23)24/h3-6,9-10,12-13H,2,7-8,11H2,1H3,(H,23,24)(H,19,20,22). The fraction of sp³-hybridized carbons (Fsp3) is 0.389. The fourth-order valence-electron chi connectivity index (χ4n) is 3.20. The van der Waals surface area contributed by atoms with Crippen LogP contribution < -0.4 is 5.32 Å². The number of carboxylic acid groups (broad SMARTS) is 1. The Kier molecular flexibility index (Phi) is 4.64. The van der Waals surface area contributed by atoms with Gasteiger partial charge in [-0.3, -0.25) is 14.9 Å². The highest BCUT2D eigenvalue weighted by Crippen LogP contribution is 2.28. The summed E-state index contributed by atoms with van der Waals surface area (Å²) in [6.07, 6.45) is 5.44. The third-order valence-electron chi connectivity index (χ3n) is 4.42. The van der Waals surface area contributed by atoms with Crippen LogP contribution in [0.25, 0.3) is 11.0 Å². The molecule has 2 atom stereocenters. The van der Waals surface area contributed by atoms with E-state index in [1.165, 1.54) is 0 Å². The second-order valence-electron chi connectivity index (χ2n) is 6.06. The molecule has 1 heterocycles. The highest BCUT2D eigenvalue weighted by atomic mass is 16.4. The van der Waals surface area contributed by atoms with Gasteiger partial charge in [-0.2, -0.15) is 0 Å². The smallest absolute Gasteiger partial charge is 0.307 e. The highest BCUT2D eigenvalue weighted by Gasteiger charge is 2.34. The molecule has 2 unspecified atom stereocenters. The van der Waals surface area contributed by atoms with Crippen molar-refractivity contribution in [3.8, 4) is 0 Å². The number of aromatic nitrogens is 2. The van der Waals surface area contributed by atoms with E-state index in [1.807, 2.05) is 41.0 Å². The van der Waals surface area contributed by atoms with Crippen LogP contribution in [0.3, 0.4) is 0 Å². The van der Waals surface area contributed by atoms with Gasteiger partial charge in [0.25, 0.3) is 0 Å². The van der Waals surface area contributed by atoms with Crippen molar-refractivity contribution >= 4 is 28.9 Å². The summed E-state index contributed by atoms with van der Waals surface area (Å²) < 4.78 is 1.97. The van der Waals surface area contributed by atoms with Crippen LogP contribution in [0.15, 0.2) is 36.4 Å². The zero-order chi connectivity index (χ0) is 17.1. The number of fused-ring (bicyclic) bond motifs is 1. The topological polar surface area (TPSA) is 84.2 Å². The number of carbonyl (C=O) groups is 2. The van der Waals surface area contributed by atoms with Crippen molar-refractivity contribution in [2.75, 3.05) is 5.32 Å². The van der Waals surface area contributed by atoms with Crippen LogP contribution in [0, 0.1) is 11.8 Å². The van der Waals surface area contributed by atoms with Gasteiger partial charge in [-0.05, 0) is 31.4 Å². The normalized spacial score (nSPS) is 20.2. The Hall–Kier alpha value is -2.63. The van der Waals surface area contributed by atoms with Crippen LogP contribution in [0.4, 0.5) is 5.95 Å². The molecule has 1 amide bonds. The molecule has 2 N–H and O–H groups in total. The molecule has 0 spiro atoms. The summed E-state index contributed by atoms with van der Waals surface area (Å²) in [6.45, 7) is 2.80. The number of amides is 1. The van der Waals surface area contributed by atoms with Gasteiger partial charge in [-0.1, -0.05) is 31.2 Å². The van der Waals surface area contributed by atoms with E-state index >= 15 is 0 Å². The molecule has 1 aromatic carbocycles. The molecule has 0 saturated carbocycles. The molecule has 0 bridgehead atoms. The van der Waals surface area contributed by atoms with E-state index in [9.17, 15) is 14.7 Å². The number of carbonyl (C=O) groups excluding carboxylic acids is 1. The number of imidazole rings is 1. The maximum atomic E-state index is 12.7. The summed E-state index contributed by atoms with van der Waals surface area (Å²) in [5.74, 6) is -1.97. The molecule has 0 radical (unpaired) electrons. The number of hydrogen-bond acceptors (Lipinski definition) is 3. The number of hydrogen-bond donors (Lipinski definition) is 2. The van der Waals surface area contributed by atoms with Crippen molar-refractivity contribution in [2.24, 2.45) is 11.8 Å².